The lowest BCUT2D eigenvalue weighted by atomic mass is 10.2. The second kappa shape index (κ2) is 6.04. The molecule has 0 amide bonds. The molecule has 0 N–H and O–H groups in total. The molecule has 1 aromatic carbocycles. The second-order valence-electron chi connectivity index (χ2n) is 4.30. The normalized spacial score (nSPS) is 12.8. The molecular weight excluding hydrogens is 305 g/mol. The van der Waals surface area contributed by atoms with Crippen LogP contribution in [0, 0.1) is 6.92 Å². The number of aryl methyl sites for hydroxylation is 1. The Hall–Kier alpha value is -2.58. The van der Waals surface area contributed by atoms with Gasteiger partial charge in [0.1, 0.15) is 5.75 Å². The number of hydrogen-bond acceptors (Lipinski definition) is 6. The molecule has 0 spiro atoms. The molecule has 1 atom stereocenters. The standard InChI is InChI=1S/C13H11F3N2O4/c1-7(11-17-8(2)18-22-11)20-12(19)9-3-5-10(6-4-9)21-13(14,15)16/h3-7H,1-2H3. The highest BCUT2D eigenvalue weighted by atomic mass is 19.4. The van der Waals surface area contributed by atoms with Gasteiger partial charge in [0.15, 0.2) is 11.9 Å². The Bertz CT molecular complexity index is 652. The third kappa shape index (κ3) is 4.21. The quantitative estimate of drug-likeness (QED) is 0.806. The van der Waals surface area contributed by atoms with Crippen molar-refractivity contribution in [3.05, 3.63) is 41.5 Å². The van der Waals surface area contributed by atoms with Crippen molar-refractivity contribution in [1.82, 2.24) is 10.1 Å². The Morgan fingerprint density at radius 1 is 1.27 bits per heavy atom. The minimum absolute atomic E-state index is 0.0672. The third-order valence-electron chi connectivity index (χ3n) is 2.50. The Morgan fingerprint density at radius 3 is 2.41 bits per heavy atom. The van der Waals surface area contributed by atoms with E-state index in [1.807, 2.05) is 0 Å². The molecule has 0 aliphatic rings. The largest absolute Gasteiger partial charge is 0.573 e. The van der Waals surface area contributed by atoms with Gasteiger partial charge in [-0.2, -0.15) is 4.98 Å². The van der Waals surface area contributed by atoms with Crippen LogP contribution in [0.1, 0.15) is 35.1 Å². The summed E-state index contributed by atoms with van der Waals surface area (Å²) in [5.41, 5.74) is 0.0672. The van der Waals surface area contributed by atoms with Crippen LogP contribution in [0.2, 0.25) is 0 Å². The van der Waals surface area contributed by atoms with Crippen molar-refractivity contribution in [3.8, 4) is 5.75 Å². The maximum absolute atomic E-state index is 12.0. The lowest BCUT2D eigenvalue weighted by Crippen LogP contribution is -2.17. The summed E-state index contributed by atoms with van der Waals surface area (Å²) in [6.45, 7) is 3.15. The van der Waals surface area contributed by atoms with Gasteiger partial charge in [-0.3, -0.25) is 0 Å². The zero-order chi connectivity index (χ0) is 16.3. The first kappa shape index (κ1) is 15.8. The molecule has 2 aromatic rings. The van der Waals surface area contributed by atoms with Gasteiger partial charge in [-0.25, -0.2) is 4.79 Å². The van der Waals surface area contributed by atoms with Crippen LogP contribution in [-0.4, -0.2) is 22.5 Å². The number of ether oxygens (including phenoxy) is 2. The summed E-state index contributed by atoms with van der Waals surface area (Å²) in [5.74, 6) is -0.638. The Labute approximate surface area is 122 Å². The summed E-state index contributed by atoms with van der Waals surface area (Å²) in [7, 11) is 0. The summed E-state index contributed by atoms with van der Waals surface area (Å²) in [5, 5.41) is 3.56. The molecule has 0 saturated heterocycles. The van der Waals surface area contributed by atoms with Crippen LogP contribution < -0.4 is 4.74 Å². The van der Waals surface area contributed by atoms with E-state index in [4.69, 9.17) is 9.26 Å². The van der Waals surface area contributed by atoms with Crippen molar-refractivity contribution in [2.24, 2.45) is 0 Å². The first-order chi connectivity index (χ1) is 10.2. The molecule has 0 radical (unpaired) electrons. The number of aromatic nitrogens is 2. The zero-order valence-corrected chi connectivity index (χ0v) is 11.5. The number of benzene rings is 1. The number of nitrogens with zero attached hydrogens (tertiary/aromatic N) is 2. The molecule has 1 aromatic heterocycles. The van der Waals surface area contributed by atoms with Crippen molar-refractivity contribution in [2.75, 3.05) is 0 Å². The molecule has 0 saturated carbocycles. The highest BCUT2D eigenvalue weighted by molar-refractivity contribution is 5.89. The Morgan fingerprint density at radius 2 is 1.91 bits per heavy atom. The van der Waals surface area contributed by atoms with Crippen LogP contribution in [0.3, 0.4) is 0 Å². The predicted molar refractivity (Wildman–Crippen MR) is 66.0 cm³/mol. The summed E-state index contributed by atoms with van der Waals surface area (Å²) in [6, 6.07) is 4.36. The average Bonchev–Trinajstić information content (AvgIpc) is 2.84. The van der Waals surface area contributed by atoms with E-state index in [0.29, 0.717) is 5.82 Å². The van der Waals surface area contributed by atoms with Crippen LogP contribution in [0.15, 0.2) is 28.8 Å². The zero-order valence-electron chi connectivity index (χ0n) is 11.5. The van der Waals surface area contributed by atoms with Gasteiger partial charge in [0.05, 0.1) is 5.56 Å². The van der Waals surface area contributed by atoms with Gasteiger partial charge in [-0.1, -0.05) is 5.16 Å². The molecular formula is C13H11F3N2O4. The van der Waals surface area contributed by atoms with Crippen LogP contribution >= 0.6 is 0 Å². The number of rotatable bonds is 4. The van der Waals surface area contributed by atoms with Crippen LogP contribution in [-0.2, 0) is 4.74 Å². The molecule has 6 nitrogen and oxygen atoms in total. The Balaban J connectivity index is 2.00. The fourth-order valence-electron chi connectivity index (χ4n) is 1.55. The summed E-state index contributed by atoms with van der Waals surface area (Å²) in [4.78, 5) is 15.8. The topological polar surface area (TPSA) is 74.5 Å². The van der Waals surface area contributed by atoms with Gasteiger partial charge >= 0.3 is 12.3 Å². The Kier molecular flexibility index (Phi) is 4.34. The van der Waals surface area contributed by atoms with Crippen molar-refractivity contribution in [3.63, 3.8) is 0 Å². The number of halogens is 3. The number of carbonyl (C=O) groups excluding carboxylic acids is 1. The summed E-state index contributed by atoms with van der Waals surface area (Å²) in [6.07, 6.45) is -5.56. The molecule has 0 aliphatic heterocycles. The third-order valence-corrected chi connectivity index (χ3v) is 2.50. The van der Waals surface area contributed by atoms with Crippen LogP contribution in [0.5, 0.6) is 5.75 Å². The SMILES string of the molecule is Cc1noc(C(C)OC(=O)c2ccc(OC(F)(F)F)cc2)n1. The molecule has 1 heterocycles. The molecule has 118 valence electrons. The van der Waals surface area contributed by atoms with Gasteiger partial charge < -0.3 is 14.0 Å². The number of carbonyl (C=O) groups is 1. The maximum Gasteiger partial charge on any atom is 0.573 e. The lowest BCUT2D eigenvalue weighted by Gasteiger charge is -2.11. The van der Waals surface area contributed by atoms with Crippen LogP contribution in [0.4, 0.5) is 13.2 Å². The second-order valence-corrected chi connectivity index (χ2v) is 4.30. The van der Waals surface area contributed by atoms with E-state index in [-0.39, 0.29) is 11.5 Å². The predicted octanol–water partition coefficient (Wildman–Crippen LogP) is 3.19. The smallest absolute Gasteiger partial charge is 0.449 e. The molecule has 22 heavy (non-hydrogen) atoms. The first-order valence-electron chi connectivity index (χ1n) is 6.11. The van der Waals surface area contributed by atoms with Gasteiger partial charge in [0, 0.05) is 0 Å². The highest BCUT2D eigenvalue weighted by Gasteiger charge is 2.31. The number of alkyl halides is 3. The minimum Gasteiger partial charge on any atom is -0.449 e. The number of esters is 1. The molecule has 0 bridgehead atoms. The van der Waals surface area contributed by atoms with Gasteiger partial charge in [0.2, 0.25) is 0 Å². The molecule has 0 fully saturated rings. The molecule has 1 unspecified atom stereocenters. The highest BCUT2D eigenvalue weighted by Crippen LogP contribution is 2.23. The van der Waals surface area contributed by atoms with E-state index in [1.54, 1.807) is 6.92 Å². The fraction of sp³-hybridized carbons (Fsp3) is 0.308. The maximum atomic E-state index is 12.0. The monoisotopic (exact) mass is 316 g/mol. The van der Waals surface area contributed by atoms with E-state index < -0.39 is 24.2 Å². The van der Waals surface area contributed by atoms with Gasteiger partial charge in [-0.15, -0.1) is 13.2 Å². The molecule has 0 aliphatic carbocycles. The lowest BCUT2D eigenvalue weighted by molar-refractivity contribution is -0.274. The van der Waals surface area contributed by atoms with E-state index in [1.165, 1.54) is 6.92 Å². The van der Waals surface area contributed by atoms with Crippen molar-refractivity contribution >= 4 is 5.97 Å². The molecule has 2 rings (SSSR count). The average molecular weight is 316 g/mol. The van der Waals surface area contributed by atoms with Crippen molar-refractivity contribution < 1.29 is 32.0 Å². The van der Waals surface area contributed by atoms with E-state index in [0.717, 1.165) is 24.3 Å². The summed E-state index contributed by atoms with van der Waals surface area (Å²) >= 11 is 0. The fourth-order valence-corrected chi connectivity index (χ4v) is 1.55. The van der Waals surface area contributed by atoms with E-state index in [9.17, 15) is 18.0 Å². The van der Waals surface area contributed by atoms with Gasteiger partial charge in [0.25, 0.3) is 5.89 Å². The van der Waals surface area contributed by atoms with E-state index >= 15 is 0 Å². The minimum atomic E-state index is -4.79. The number of hydrogen-bond donors (Lipinski definition) is 0. The van der Waals surface area contributed by atoms with Gasteiger partial charge in [-0.05, 0) is 38.1 Å². The van der Waals surface area contributed by atoms with Crippen LogP contribution in [0.25, 0.3) is 0 Å². The van der Waals surface area contributed by atoms with E-state index in [2.05, 4.69) is 14.9 Å². The van der Waals surface area contributed by atoms with Crippen molar-refractivity contribution in [1.29, 1.82) is 0 Å². The van der Waals surface area contributed by atoms with Crippen molar-refractivity contribution in [2.45, 2.75) is 26.3 Å². The molecule has 9 heteroatoms. The summed E-state index contributed by atoms with van der Waals surface area (Å²) < 4.78 is 49.7. The first-order valence-corrected chi connectivity index (χ1v) is 6.11.